The van der Waals surface area contributed by atoms with E-state index in [2.05, 4.69) is 20.8 Å². The van der Waals surface area contributed by atoms with Gasteiger partial charge in [0.15, 0.2) is 0 Å². The van der Waals surface area contributed by atoms with Crippen molar-refractivity contribution >= 4 is 46.2 Å². The van der Waals surface area contributed by atoms with Gasteiger partial charge in [0.1, 0.15) is 0 Å². The van der Waals surface area contributed by atoms with Crippen LogP contribution in [0.15, 0.2) is 53.8 Å². The zero-order valence-electron chi connectivity index (χ0n) is 14.8. The molecule has 2 aromatic carbocycles. The molecule has 0 atom stereocenters. The van der Waals surface area contributed by atoms with Crippen LogP contribution in [0.2, 0.25) is 5.02 Å². The molecule has 3 rings (SSSR count). The highest BCUT2D eigenvalue weighted by Gasteiger charge is 2.09. The second-order valence-electron chi connectivity index (χ2n) is 6.04. The molecular weight excluding hydrogens is 364 g/mol. The van der Waals surface area contributed by atoms with Gasteiger partial charge in [-0.15, -0.1) is 0 Å². The first kappa shape index (κ1) is 18.7. The minimum Gasteiger partial charge on any atom is -0.361 e. The van der Waals surface area contributed by atoms with Crippen LogP contribution in [0.3, 0.4) is 0 Å². The third-order valence-corrected chi connectivity index (χ3v) is 4.54. The quantitative estimate of drug-likeness (QED) is 0.444. The number of hydrogen-bond donors (Lipinski definition) is 3. The number of rotatable bonds is 6. The Morgan fingerprint density at radius 1 is 1.11 bits per heavy atom. The molecule has 1 heterocycles. The van der Waals surface area contributed by atoms with Crippen molar-refractivity contribution in [1.29, 1.82) is 0 Å². The maximum Gasteiger partial charge on any atom is 0.240 e. The predicted octanol–water partition coefficient (Wildman–Crippen LogP) is 4.00. The molecule has 0 unspecified atom stereocenters. The van der Waals surface area contributed by atoms with Crippen LogP contribution in [-0.2, 0) is 9.59 Å². The Bertz CT molecular complexity index is 1010. The molecule has 0 aliphatic heterocycles. The third-order valence-electron chi connectivity index (χ3n) is 4.14. The Morgan fingerprint density at radius 3 is 2.74 bits per heavy atom. The first-order valence-electron chi connectivity index (χ1n) is 8.47. The molecule has 0 aliphatic rings. The highest BCUT2D eigenvalue weighted by Crippen LogP contribution is 2.23. The number of benzene rings is 2. The Morgan fingerprint density at radius 2 is 1.89 bits per heavy atom. The van der Waals surface area contributed by atoms with Crippen molar-refractivity contribution in [3.63, 3.8) is 0 Å². The minimum atomic E-state index is -0.330. The average molecular weight is 383 g/mol. The number of para-hydroxylation sites is 1. The third kappa shape index (κ3) is 4.74. The van der Waals surface area contributed by atoms with E-state index in [0.717, 1.165) is 22.0 Å². The average Bonchev–Trinajstić information content (AvgIpc) is 3.07. The fraction of sp³-hybridized carbons (Fsp3) is 0.150. The monoisotopic (exact) mass is 382 g/mol. The minimum absolute atomic E-state index is 0.0384. The molecule has 0 radical (unpaired) electrons. The van der Waals surface area contributed by atoms with E-state index in [1.54, 1.807) is 24.4 Å². The number of fused-ring (bicyclic) bond motifs is 1. The second kappa shape index (κ2) is 8.51. The molecule has 6 nitrogen and oxygen atoms in total. The summed E-state index contributed by atoms with van der Waals surface area (Å²) in [5.74, 6) is -0.583. The molecule has 7 heteroatoms. The Labute approximate surface area is 161 Å². The summed E-state index contributed by atoms with van der Waals surface area (Å²) in [4.78, 5) is 27.0. The molecule has 0 saturated carbocycles. The number of carbonyl (C=O) groups is 2. The number of amides is 2. The predicted molar refractivity (Wildman–Crippen MR) is 108 cm³/mol. The molecule has 0 fully saturated rings. The molecule has 27 heavy (non-hydrogen) atoms. The fourth-order valence-electron chi connectivity index (χ4n) is 2.61. The van der Waals surface area contributed by atoms with Gasteiger partial charge in [0.05, 0.1) is 6.21 Å². The standard InChI is InChI=1S/C20H19ClN4O2/c1-13-16(21)6-4-8-17(13)24-19(26)9-10-20(27)25-23-12-14-11-22-18-7-3-2-5-15(14)18/h2-8,11-12,22H,9-10H2,1H3,(H,24,26)(H,25,27)/b23-12-. The van der Waals surface area contributed by atoms with Crippen molar-refractivity contribution < 1.29 is 9.59 Å². The maximum absolute atomic E-state index is 12.0. The van der Waals surface area contributed by atoms with Gasteiger partial charge in [0, 0.05) is 46.2 Å². The maximum atomic E-state index is 12.0. The van der Waals surface area contributed by atoms with Crippen LogP contribution >= 0.6 is 11.6 Å². The number of hydrazone groups is 1. The Hall–Kier alpha value is -3.12. The summed E-state index contributed by atoms with van der Waals surface area (Å²) in [7, 11) is 0. The summed E-state index contributed by atoms with van der Waals surface area (Å²) >= 11 is 6.03. The molecule has 3 aromatic rings. The van der Waals surface area contributed by atoms with Gasteiger partial charge in [-0.05, 0) is 30.7 Å². The molecule has 0 saturated heterocycles. The van der Waals surface area contributed by atoms with Gasteiger partial charge in [0.2, 0.25) is 11.8 Å². The van der Waals surface area contributed by atoms with E-state index in [1.165, 1.54) is 0 Å². The molecule has 2 amide bonds. The van der Waals surface area contributed by atoms with Crippen molar-refractivity contribution in [3.05, 3.63) is 64.8 Å². The van der Waals surface area contributed by atoms with Crippen LogP contribution in [0.1, 0.15) is 24.0 Å². The van der Waals surface area contributed by atoms with Gasteiger partial charge < -0.3 is 10.3 Å². The topological polar surface area (TPSA) is 86.3 Å². The van der Waals surface area contributed by atoms with Gasteiger partial charge >= 0.3 is 0 Å². The summed E-state index contributed by atoms with van der Waals surface area (Å²) in [6, 6.07) is 13.1. The number of nitrogens with one attached hydrogen (secondary N) is 3. The Balaban J connectivity index is 1.48. The summed E-state index contributed by atoms with van der Waals surface area (Å²) in [6.45, 7) is 1.82. The zero-order chi connectivity index (χ0) is 19.2. The van der Waals surface area contributed by atoms with E-state index in [-0.39, 0.29) is 24.7 Å². The van der Waals surface area contributed by atoms with Crippen molar-refractivity contribution in [2.45, 2.75) is 19.8 Å². The van der Waals surface area contributed by atoms with Gasteiger partial charge in [-0.25, -0.2) is 5.43 Å². The van der Waals surface area contributed by atoms with Gasteiger partial charge in [-0.1, -0.05) is 35.9 Å². The molecule has 3 N–H and O–H groups in total. The van der Waals surface area contributed by atoms with Crippen LogP contribution in [0.25, 0.3) is 10.9 Å². The van der Waals surface area contributed by atoms with Crippen molar-refractivity contribution in [2.75, 3.05) is 5.32 Å². The lowest BCUT2D eigenvalue weighted by molar-refractivity contribution is -0.124. The fourth-order valence-corrected chi connectivity index (χ4v) is 2.79. The van der Waals surface area contributed by atoms with E-state index in [0.29, 0.717) is 10.7 Å². The molecule has 0 aliphatic carbocycles. The van der Waals surface area contributed by atoms with Crippen molar-refractivity contribution in [3.8, 4) is 0 Å². The first-order chi connectivity index (χ1) is 13.0. The lowest BCUT2D eigenvalue weighted by atomic mass is 10.2. The van der Waals surface area contributed by atoms with Crippen LogP contribution in [0, 0.1) is 6.92 Å². The summed E-state index contributed by atoms with van der Waals surface area (Å²) in [5.41, 5.74) is 5.75. The number of anilines is 1. The number of H-pyrrole nitrogens is 1. The summed E-state index contributed by atoms with van der Waals surface area (Å²) in [6.07, 6.45) is 3.49. The summed E-state index contributed by atoms with van der Waals surface area (Å²) < 4.78 is 0. The lowest BCUT2D eigenvalue weighted by Crippen LogP contribution is -2.20. The number of aromatic amines is 1. The van der Waals surface area contributed by atoms with Gasteiger partial charge in [-0.2, -0.15) is 5.10 Å². The molecular formula is C20H19ClN4O2. The number of halogens is 1. The second-order valence-corrected chi connectivity index (χ2v) is 6.45. The van der Waals surface area contributed by atoms with E-state index in [1.807, 2.05) is 37.4 Å². The normalized spacial score (nSPS) is 11.0. The SMILES string of the molecule is Cc1c(Cl)cccc1NC(=O)CCC(=O)N/N=C\c1c[nH]c2ccccc12. The van der Waals surface area contributed by atoms with Crippen molar-refractivity contribution in [1.82, 2.24) is 10.4 Å². The highest BCUT2D eigenvalue weighted by atomic mass is 35.5. The number of aromatic nitrogens is 1. The zero-order valence-corrected chi connectivity index (χ0v) is 15.5. The lowest BCUT2D eigenvalue weighted by Gasteiger charge is -2.09. The molecule has 138 valence electrons. The number of nitrogens with zero attached hydrogens (tertiary/aromatic N) is 1. The van der Waals surface area contributed by atoms with Gasteiger partial charge in [-0.3, -0.25) is 9.59 Å². The van der Waals surface area contributed by atoms with E-state index >= 15 is 0 Å². The first-order valence-corrected chi connectivity index (χ1v) is 8.85. The smallest absolute Gasteiger partial charge is 0.240 e. The van der Waals surface area contributed by atoms with Gasteiger partial charge in [0.25, 0.3) is 0 Å². The van der Waals surface area contributed by atoms with Crippen LogP contribution in [-0.4, -0.2) is 23.0 Å². The number of carbonyl (C=O) groups excluding carboxylic acids is 2. The molecule has 1 aromatic heterocycles. The van der Waals surface area contributed by atoms with Crippen LogP contribution in [0.5, 0.6) is 0 Å². The van der Waals surface area contributed by atoms with E-state index in [4.69, 9.17) is 11.6 Å². The highest BCUT2D eigenvalue weighted by molar-refractivity contribution is 6.31. The van der Waals surface area contributed by atoms with Crippen LogP contribution in [0.4, 0.5) is 5.69 Å². The van der Waals surface area contributed by atoms with E-state index in [9.17, 15) is 9.59 Å². The molecule has 0 spiro atoms. The molecule has 0 bridgehead atoms. The summed E-state index contributed by atoms with van der Waals surface area (Å²) in [5, 5.41) is 8.32. The van der Waals surface area contributed by atoms with Crippen LogP contribution < -0.4 is 10.7 Å². The van der Waals surface area contributed by atoms with E-state index < -0.39 is 0 Å². The van der Waals surface area contributed by atoms with Crippen molar-refractivity contribution in [2.24, 2.45) is 5.10 Å². The largest absolute Gasteiger partial charge is 0.361 e. The Kier molecular flexibility index (Phi) is 5.88. The number of hydrogen-bond acceptors (Lipinski definition) is 3.